The Hall–Kier alpha value is -0.260. The van der Waals surface area contributed by atoms with Crippen molar-refractivity contribution >= 4 is 51.2 Å². The summed E-state index contributed by atoms with van der Waals surface area (Å²) in [5.41, 5.74) is 1.01. The van der Waals surface area contributed by atoms with Gasteiger partial charge in [-0.2, -0.15) is 0 Å². The van der Waals surface area contributed by atoms with Crippen molar-refractivity contribution in [1.29, 1.82) is 0 Å². The molecule has 0 amide bonds. The van der Waals surface area contributed by atoms with Crippen molar-refractivity contribution in [2.24, 2.45) is 0 Å². The molecule has 1 heterocycles. The molecule has 0 aliphatic rings. The number of halogens is 2. The lowest BCUT2D eigenvalue weighted by Gasteiger charge is -2.18. The van der Waals surface area contributed by atoms with Crippen LogP contribution in [0.2, 0.25) is 5.02 Å². The average molecular weight is 378 g/mol. The predicted octanol–water partition coefficient (Wildman–Crippen LogP) is 5.57. The van der Waals surface area contributed by atoms with E-state index in [4.69, 9.17) is 11.6 Å². The Morgan fingerprint density at radius 3 is 2.82 bits per heavy atom. The summed E-state index contributed by atoms with van der Waals surface area (Å²) in [7, 11) is 0. The number of nitrogens with one attached hydrogen (secondary N) is 1. The maximum Gasteiger partial charge on any atom is 0.0648 e. The van der Waals surface area contributed by atoms with Gasteiger partial charge < -0.3 is 5.32 Å². The van der Waals surface area contributed by atoms with Gasteiger partial charge in [0.15, 0.2) is 0 Å². The molecule has 90 valence electrons. The lowest BCUT2D eigenvalue weighted by atomic mass is 10.1. The van der Waals surface area contributed by atoms with Gasteiger partial charge in [0.1, 0.15) is 0 Å². The topological polar surface area (TPSA) is 12.0 Å². The Bertz CT molecular complexity index is 484. The van der Waals surface area contributed by atoms with Gasteiger partial charge in [-0.3, -0.25) is 0 Å². The van der Waals surface area contributed by atoms with Gasteiger partial charge in [-0.25, -0.2) is 0 Å². The molecule has 17 heavy (non-hydrogen) atoms. The van der Waals surface area contributed by atoms with Crippen molar-refractivity contribution in [3.63, 3.8) is 0 Å². The molecule has 0 spiro atoms. The molecule has 1 aromatic heterocycles. The van der Waals surface area contributed by atoms with E-state index in [9.17, 15) is 0 Å². The van der Waals surface area contributed by atoms with Crippen molar-refractivity contribution in [3.8, 4) is 0 Å². The summed E-state index contributed by atoms with van der Waals surface area (Å²) >= 11 is 10.3. The highest BCUT2D eigenvalue weighted by atomic mass is 127. The van der Waals surface area contributed by atoms with E-state index < -0.39 is 0 Å². The van der Waals surface area contributed by atoms with E-state index >= 15 is 0 Å². The first kappa shape index (κ1) is 13.2. The fourth-order valence-electron chi connectivity index (χ4n) is 1.66. The normalized spacial score (nSPS) is 12.4. The first-order valence-corrected chi connectivity index (χ1v) is 7.79. The first-order valence-electron chi connectivity index (χ1n) is 5.45. The van der Waals surface area contributed by atoms with Crippen LogP contribution >= 0.6 is 45.5 Å². The molecule has 1 atom stereocenters. The molecule has 1 N–H and O–H groups in total. The highest BCUT2D eigenvalue weighted by molar-refractivity contribution is 14.1. The van der Waals surface area contributed by atoms with Gasteiger partial charge in [0.25, 0.3) is 0 Å². The van der Waals surface area contributed by atoms with E-state index in [2.05, 4.69) is 58.4 Å². The molecule has 0 saturated heterocycles. The Morgan fingerprint density at radius 2 is 2.24 bits per heavy atom. The number of anilines is 1. The zero-order valence-corrected chi connectivity index (χ0v) is 13.1. The third-order valence-corrected chi connectivity index (χ3v) is 4.53. The van der Waals surface area contributed by atoms with Gasteiger partial charge in [0, 0.05) is 8.45 Å². The summed E-state index contributed by atoms with van der Waals surface area (Å²) in [4.78, 5) is 1.35. The summed E-state index contributed by atoms with van der Waals surface area (Å²) < 4.78 is 1.15. The number of hydrogen-bond donors (Lipinski definition) is 1. The molecule has 0 bridgehead atoms. The van der Waals surface area contributed by atoms with Crippen LogP contribution in [0.15, 0.2) is 35.7 Å². The molecular weight excluding hydrogens is 365 g/mol. The fraction of sp³-hybridized carbons (Fsp3) is 0.231. The molecule has 1 unspecified atom stereocenters. The van der Waals surface area contributed by atoms with Gasteiger partial charge in [-0.05, 0) is 58.7 Å². The number of hydrogen-bond acceptors (Lipinski definition) is 2. The van der Waals surface area contributed by atoms with Gasteiger partial charge in [-0.1, -0.05) is 24.6 Å². The van der Waals surface area contributed by atoms with Crippen LogP contribution in [0.25, 0.3) is 0 Å². The monoisotopic (exact) mass is 377 g/mol. The smallest absolute Gasteiger partial charge is 0.0648 e. The first-order chi connectivity index (χ1) is 8.20. The van der Waals surface area contributed by atoms with Crippen LogP contribution < -0.4 is 5.32 Å². The SMILES string of the molecule is CCC(Nc1ccc(I)cc1Cl)c1cccs1. The second kappa shape index (κ2) is 6.07. The van der Waals surface area contributed by atoms with Crippen molar-refractivity contribution in [3.05, 3.63) is 49.2 Å². The summed E-state index contributed by atoms with van der Waals surface area (Å²) in [6, 6.07) is 10.7. The minimum absolute atomic E-state index is 0.340. The van der Waals surface area contributed by atoms with E-state index in [0.717, 1.165) is 20.7 Å². The quantitative estimate of drug-likeness (QED) is 0.687. The summed E-state index contributed by atoms with van der Waals surface area (Å²) in [6.45, 7) is 2.18. The van der Waals surface area contributed by atoms with Crippen LogP contribution in [0.4, 0.5) is 5.69 Å². The minimum atomic E-state index is 0.340. The number of rotatable bonds is 4. The van der Waals surface area contributed by atoms with Crippen LogP contribution in [0.1, 0.15) is 24.3 Å². The minimum Gasteiger partial charge on any atom is -0.376 e. The lowest BCUT2D eigenvalue weighted by Crippen LogP contribution is -2.08. The van der Waals surface area contributed by atoms with Crippen LogP contribution in [0.5, 0.6) is 0 Å². The molecule has 0 fully saturated rings. The second-order valence-electron chi connectivity index (χ2n) is 3.74. The van der Waals surface area contributed by atoms with E-state index in [1.807, 2.05) is 12.1 Å². The summed E-state index contributed by atoms with van der Waals surface area (Å²) in [5, 5.41) is 6.39. The van der Waals surface area contributed by atoms with Crippen molar-refractivity contribution in [2.45, 2.75) is 19.4 Å². The third kappa shape index (κ3) is 3.36. The molecule has 2 rings (SSSR count). The second-order valence-corrected chi connectivity index (χ2v) is 6.38. The Kier molecular flexibility index (Phi) is 4.70. The Balaban J connectivity index is 2.19. The van der Waals surface area contributed by atoms with Crippen LogP contribution in [-0.2, 0) is 0 Å². The van der Waals surface area contributed by atoms with Crippen LogP contribution in [-0.4, -0.2) is 0 Å². The molecule has 4 heteroatoms. The van der Waals surface area contributed by atoms with E-state index in [0.29, 0.717) is 6.04 Å². The molecule has 0 aliphatic heterocycles. The summed E-state index contributed by atoms with van der Waals surface area (Å²) in [6.07, 6.45) is 1.04. The van der Waals surface area contributed by atoms with Crippen molar-refractivity contribution in [1.82, 2.24) is 0 Å². The number of benzene rings is 1. The van der Waals surface area contributed by atoms with E-state index in [1.165, 1.54) is 4.88 Å². The van der Waals surface area contributed by atoms with Gasteiger partial charge >= 0.3 is 0 Å². The highest BCUT2D eigenvalue weighted by Gasteiger charge is 2.11. The number of thiophene rings is 1. The average Bonchev–Trinajstić information content (AvgIpc) is 2.81. The van der Waals surface area contributed by atoms with Crippen LogP contribution in [0.3, 0.4) is 0 Å². The maximum absolute atomic E-state index is 6.23. The zero-order chi connectivity index (χ0) is 12.3. The van der Waals surface area contributed by atoms with Crippen molar-refractivity contribution in [2.75, 3.05) is 5.32 Å². The molecule has 1 nitrogen and oxygen atoms in total. The highest BCUT2D eigenvalue weighted by Crippen LogP contribution is 2.30. The van der Waals surface area contributed by atoms with E-state index in [-0.39, 0.29) is 0 Å². The zero-order valence-electron chi connectivity index (χ0n) is 9.41. The summed E-state index contributed by atoms with van der Waals surface area (Å²) in [5.74, 6) is 0. The predicted molar refractivity (Wildman–Crippen MR) is 85.1 cm³/mol. The van der Waals surface area contributed by atoms with Gasteiger partial charge in [-0.15, -0.1) is 11.3 Å². The molecule has 0 radical (unpaired) electrons. The van der Waals surface area contributed by atoms with Gasteiger partial charge in [0.05, 0.1) is 16.8 Å². The van der Waals surface area contributed by atoms with E-state index in [1.54, 1.807) is 11.3 Å². The standard InChI is InChI=1S/C13H13ClINS/c1-2-11(13-4-3-7-17-13)16-12-6-5-9(15)8-10(12)14/h3-8,11,16H,2H2,1H3. The molecular formula is C13H13ClINS. The maximum atomic E-state index is 6.23. The molecule has 2 aromatic rings. The van der Waals surface area contributed by atoms with Gasteiger partial charge in [0.2, 0.25) is 0 Å². The molecule has 1 aromatic carbocycles. The Morgan fingerprint density at radius 1 is 1.41 bits per heavy atom. The van der Waals surface area contributed by atoms with Crippen LogP contribution in [0, 0.1) is 3.57 Å². The Labute approximate surface area is 124 Å². The molecule has 0 aliphatic carbocycles. The lowest BCUT2D eigenvalue weighted by molar-refractivity contribution is 0.764. The largest absolute Gasteiger partial charge is 0.376 e. The fourth-order valence-corrected chi connectivity index (χ4v) is 3.43. The molecule has 0 saturated carbocycles. The van der Waals surface area contributed by atoms with Crippen molar-refractivity contribution < 1.29 is 0 Å². The third-order valence-electron chi connectivity index (χ3n) is 2.56.